The van der Waals surface area contributed by atoms with Gasteiger partial charge < -0.3 is 19.4 Å². The molecule has 24 heavy (non-hydrogen) atoms. The largest absolute Gasteiger partial charge is 0.383 e. The van der Waals surface area contributed by atoms with Gasteiger partial charge in [0.1, 0.15) is 5.65 Å². The third-order valence-corrected chi connectivity index (χ3v) is 4.34. The number of fused-ring (bicyclic) bond motifs is 1. The van der Waals surface area contributed by atoms with Gasteiger partial charge in [0.15, 0.2) is 0 Å². The van der Waals surface area contributed by atoms with Crippen molar-refractivity contribution in [1.29, 1.82) is 0 Å². The van der Waals surface area contributed by atoms with Crippen molar-refractivity contribution in [1.82, 2.24) is 19.6 Å². The summed E-state index contributed by atoms with van der Waals surface area (Å²) >= 11 is 0. The summed E-state index contributed by atoms with van der Waals surface area (Å²) in [6, 6.07) is 5.90. The average molecular weight is 330 g/mol. The second-order valence-corrected chi connectivity index (χ2v) is 6.08. The molecule has 1 N–H and O–H groups in total. The molecule has 1 saturated heterocycles. The number of aryl methyl sites for hydroxylation is 1. The fraction of sp³-hybridized carbons (Fsp3) is 0.471. The molecule has 2 aromatic rings. The third kappa shape index (κ3) is 3.41. The van der Waals surface area contributed by atoms with Crippen LogP contribution >= 0.6 is 0 Å². The molecule has 7 nitrogen and oxygen atoms in total. The van der Waals surface area contributed by atoms with Crippen LogP contribution in [0.15, 0.2) is 24.4 Å². The van der Waals surface area contributed by atoms with Crippen molar-refractivity contribution in [3.63, 3.8) is 0 Å². The number of rotatable bonds is 6. The Hall–Kier alpha value is -2.41. The molecule has 0 bridgehead atoms. The first-order chi connectivity index (χ1) is 11.6. The Morgan fingerprint density at radius 2 is 2.29 bits per heavy atom. The van der Waals surface area contributed by atoms with Gasteiger partial charge in [0.2, 0.25) is 11.8 Å². The van der Waals surface area contributed by atoms with Gasteiger partial charge in [0, 0.05) is 38.5 Å². The normalized spacial score (nSPS) is 17.7. The minimum Gasteiger partial charge on any atom is -0.383 e. The Bertz CT molecular complexity index is 755. The number of aromatic nitrogens is 2. The fourth-order valence-electron chi connectivity index (χ4n) is 2.97. The van der Waals surface area contributed by atoms with Crippen molar-refractivity contribution >= 4 is 17.5 Å². The number of amides is 2. The van der Waals surface area contributed by atoms with Gasteiger partial charge in [-0.3, -0.25) is 9.59 Å². The van der Waals surface area contributed by atoms with Crippen LogP contribution in [0.5, 0.6) is 0 Å². The van der Waals surface area contributed by atoms with Crippen LogP contribution in [0.1, 0.15) is 17.8 Å². The van der Waals surface area contributed by atoms with Crippen LogP contribution in [0.2, 0.25) is 0 Å². The predicted octanol–water partition coefficient (Wildman–Crippen LogP) is 0.754. The van der Waals surface area contributed by atoms with Crippen LogP contribution in [-0.2, 0) is 20.9 Å². The van der Waals surface area contributed by atoms with Crippen molar-refractivity contribution in [2.24, 2.45) is 5.92 Å². The Labute approximate surface area is 140 Å². The van der Waals surface area contributed by atoms with Crippen molar-refractivity contribution in [3.05, 3.63) is 35.8 Å². The van der Waals surface area contributed by atoms with Crippen LogP contribution in [-0.4, -0.2) is 52.9 Å². The number of carbonyl (C=O) groups excluding carboxylic acids is 2. The molecule has 0 spiro atoms. The zero-order valence-corrected chi connectivity index (χ0v) is 14.0. The number of hydrogen-bond acceptors (Lipinski definition) is 4. The van der Waals surface area contributed by atoms with E-state index >= 15 is 0 Å². The van der Waals surface area contributed by atoms with Crippen molar-refractivity contribution in [3.8, 4) is 0 Å². The Morgan fingerprint density at radius 3 is 3.04 bits per heavy atom. The van der Waals surface area contributed by atoms with Gasteiger partial charge in [-0.1, -0.05) is 6.07 Å². The minimum absolute atomic E-state index is 0.00977. The number of nitrogens with zero attached hydrogens (tertiary/aromatic N) is 3. The summed E-state index contributed by atoms with van der Waals surface area (Å²) in [6.07, 6.45) is 2.19. The lowest BCUT2D eigenvalue weighted by Crippen LogP contribution is -2.33. The van der Waals surface area contributed by atoms with Gasteiger partial charge in [-0.2, -0.15) is 0 Å². The lowest BCUT2D eigenvalue weighted by atomic mass is 10.1. The molecule has 128 valence electrons. The fourth-order valence-corrected chi connectivity index (χ4v) is 2.97. The average Bonchev–Trinajstić information content (AvgIpc) is 3.15. The van der Waals surface area contributed by atoms with Crippen LogP contribution < -0.4 is 5.32 Å². The Morgan fingerprint density at radius 1 is 1.46 bits per heavy atom. The van der Waals surface area contributed by atoms with E-state index in [1.165, 1.54) is 0 Å². The summed E-state index contributed by atoms with van der Waals surface area (Å²) in [5, 5.41) is 2.89. The van der Waals surface area contributed by atoms with Crippen LogP contribution in [0.3, 0.4) is 0 Å². The predicted molar refractivity (Wildman–Crippen MR) is 88.3 cm³/mol. The van der Waals surface area contributed by atoms with Crippen LogP contribution in [0, 0.1) is 12.8 Å². The molecule has 1 atom stereocenters. The number of likely N-dealkylation sites (tertiary alicyclic amines) is 1. The molecule has 2 aromatic heterocycles. The molecule has 1 unspecified atom stereocenters. The third-order valence-electron chi connectivity index (χ3n) is 4.34. The summed E-state index contributed by atoms with van der Waals surface area (Å²) < 4.78 is 6.98. The molecule has 0 aliphatic carbocycles. The molecule has 0 saturated carbocycles. The Kier molecular flexibility index (Phi) is 4.80. The minimum atomic E-state index is -0.298. The van der Waals surface area contributed by atoms with Gasteiger partial charge in [-0.05, 0) is 19.1 Å². The SMILES string of the molecule is COCCN1CC(C(=O)NCc2cn3c(C)cccc3n2)CC1=O. The first-order valence-corrected chi connectivity index (χ1v) is 8.06. The molecule has 0 radical (unpaired) electrons. The number of ether oxygens (including phenoxy) is 1. The molecular formula is C17H22N4O3. The van der Waals surface area contributed by atoms with Crippen molar-refractivity contribution < 1.29 is 14.3 Å². The first kappa shape index (κ1) is 16.4. The van der Waals surface area contributed by atoms with E-state index in [2.05, 4.69) is 10.3 Å². The lowest BCUT2D eigenvalue weighted by Gasteiger charge is -2.15. The molecule has 3 rings (SSSR count). The van der Waals surface area contributed by atoms with E-state index in [0.29, 0.717) is 26.2 Å². The van der Waals surface area contributed by atoms with Crippen molar-refractivity contribution in [2.45, 2.75) is 19.9 Å². The van der Waals surface area contributed by atoms with E-state index in [4.69, 9.17) is 4.74 Å². The maximum absolute atomic E-state index is 12.3. The number of pyridine rings is 1. The van der Waals surface area contributed by atoms with E-state index in [1.807, 2.05) is 35.7 Å². The van der Waals surface area contributed by atoms with Crippen LogP contribution in [0.4, 0.5) is 0 Å². The topological polar surface area (TPSA) is 75.9 Å². The zero-order chi connectivity index (χ0) is 17.1. The number of hydrogen-bond donors (Lipinski definition) is 1. The highest BCUT2D eigenvalue weighted by molar-refractivity contribution is 5.89. The molecule has 2 amide bonds. The smallest absolute Gasteiger partial charge is 0.225 e. The molecule has 3 heterocycles. The molecule has 1 aliphatic rings. The zero-order valence-electron chi connectivity index (χ0n) is 14.0. The standard InChI is InChI=1S/C17H22N4O3/c1-12-4-3-5-15-19-14(11-21(12)15)9-18-17(23)13-8-16(22)20(10-13)6-7-24-2/h3-5,11,13H,6-10H2,1-2H3,(H,18,23). The maximum atomic E-state index is 12.3. The van der Waals surface area contributed by atoms with E-state index in [-0.39, 0.29) is 24.2 Å². The quantitative estimate of drug-likeness (QED) is 0.848. The number of methoxy groups -OCH3 is 1. The summed E-state index contributed by atoms with van der Waals surface area (Å²) in [5.74, 6) is -0.388. The molecule has 7 heteroatoms. The summed E-state index contributed by atoms with van der Waals surface area (Å²) in [6.45, 7) is 3.85. The summed E-state index contributed by atoms with van der Waals surface area (Å²) in [5.41, 5.74) is 2.76. The molecular weight excluding hydrogens is 308 g/mol. The first-order valence-electron chi connectivity index (χ1n) is 8.06. The highest BCUT2D eigenvalue weighted by Crippen LogP contribution is 2.18. The summed E-state index contributed by atoms with van der Waals surface area (Å²) in [4.78, 5) is 30.4. The molecule has 1 fully saturated rings. The lowest BCUT2D eigenvalue weighted by molar-refractivity contribution is -0.129. The van der Waals surface area contributed by atoms with Crippen molar-refractivity contribution in [2.75, 3.05) is 26.8 Å². The highest BCUT2D eigenvalue weighted by Gasteiger charge is 2.33. The van der Waals surface area contributed by atoms with Gasteiger partial charge in [-0.15, -0.1) is 0 Å². The molecule has 0 aromatic carbocycles. The molecule has 1 aliphatic heterocycles. The highest BCUT2D eigenvalue weighted by atomic mass is 16.5. The Balaban J connectivity index is 1.57. The summed E-state index contributed by atoms with van der Waals surface area (Å²) in [7, 11) is 1.60. The van der Waals surface area contributed by atoms with E-state index < -0.39 is 0 Å². The van der Waals surface area contributed by atoms with E-state index in [1.54, 1.807) is 12.0 Å². The van der Waals surface area contributed by atoms with E-state index in [0.717, 1.165) is 17.0 Å². The number of nitrogens with one attached hydrogen (secondary N) is 1. The van der Waals surface area contributed by atoms with Gasteiger partial charge in [-0.25, -0.2) is 4.98 Å². The number of carbonyl (C=O) groups is 2. The number of imidazole rings is 1. The second kappa shape index (κ2) is 7.00. The van der Waals surface area contributed by atoms with Gasteiger partial charge >= 0.3 is 0 Å². The maximum Gasteiger partial charge on any atom is 0.225 e. The van der Waals surface area contributed by atoms with Crippen LogP contribution in [0.25, 0.3) is 5.65 Å². The van der Waals surface area contributed by atoms with Gasteiger partial charge in [0.05, 0.1) is 24.8 Å². The van der Waals surface area contributed by atoms with Gasteiger partial charge in [0.25, 0.3) is 0 Å². The second-order valence-electron chi connectivity index (χ2n) is 6.08. The van der Waals surface area contributed by atoms with E-state index in [9.17, 15) is 9.59 Å². The monoisotopic (exact) mass is 330 g/mol.